The average Bonchev–Trinajstić information content (AvgIpc) is 2.78. The van der Waals surface area contributed by atoms with Crippen molar-refractivity contribution in [3.05, 3.63) is 5.92 Å². The Morgan fingerprint density at radius 3 is 1.08 bits per heavy atom. The fraction of sp³-hybridized carbons (Fsp3) is 0.944. The summed E-state index contributed by atoms with van der Waals surface area (Å²) >= 11 is 0. The first-order valence-corrected chi connectivity index (χ1v) is 8.71. The normalized spacial score (nSPS) is 28.9. The van der Waals surface area contributed by atoms with Crippen LogP contribution in [-0.4, -0.2) is 0 Å². The molecule has 0 amide bonds. The van der Waals surface area contributed by atoms with E-state index in [1.54, 1.807) is 12.8 Å². The van der Waals surface area contributed by atoms with Crippen molar-refractivity contribution < 1.29 is 176 Å². The number of rotatable bonds is 0. The average molecular weight is 923 g/mol. The molecule has 0 aromatic rings. The standard InChI is InChI=1S/C14H23.2C2H6.3Ar.3W/c1-10-11-6-2-4-8-13(11)14-9-5-3-7-12(10)14;2*1-2;;;;;;/h11-14H,2-9H2,1H3;2*1-2H3;;;;;;/q-1;;;;;;;;. The monoisotopic (exact) mass is 923 g/mol. The van der Waals surface area contributed by atoms with Crippen molar-refractivity contribution in [2.75, 3.05) is 0 Å². The van der Waals surface area contributed by atoms with Gasteiger partial charge in [-0.3, -0.25) is 0 Å². The third kappa shape index (κ3) is 12.6. The maximum atomic E-state index is 2.49. The van der Waals surface area contributed by atoms with Crippen molar-refractivity contribution in [1.29, 1.82) is 0 Å². The molecule has 3 aliphatic rings. The van der Waals surface area contributed by atoms with Gasteiger partial charge >= 0.3 is 0 Å². The molecule has 0 aliphatic heterocycles. The predicted octanol–water partition coefficient (Wildman–Crippen LogP) is 6.25. The minimum absolute atomic E-state index is 0. The fourth-order valence-electron chi connectivity index (χ4n) is 4.75. The first kappa shape index (κ1) is 43.7. The number of fused-ring (bicyclic) bond motifs is 3. The van der Waals surface area contributed by atoms with Crippen LogP contribution in [0, 0.1) is 143 Å². The summed E-state index contributed by atoms with van der Waals surface area (Å²) in [5, 5.41) is 0. The molecule has 3 aliphatic carbocycles. The van der Waals surface area contributed by atoms with Gasteiger partial charge < -0.3 is 5.92 Å². The van der Waals surface area contributed by atoms with Crippen molar-refractivity contribution in [3.8, 4) is 0 Å². The SMILES string of the molecule is CC.CC.C[C-]1C2CCCCC2C2CCCCC12.[Ar].[Ar].[Ar].[W].[W].[W]. The molecule has 0 heterocycles. The maximum Gasteiger partial charge on any atom is 0 e. The van der Waals surface area contributed by atoms with Crippen LogP contribution in [0.2, 0.25) is 0 Å². The van der Waals surface area contributed by atoms with Gasteiger partial charge in [-0.2, -0.15) is 18.8 Å². The number of hydrogen-bond acceptors (Lipinski definition) is 0. The van der Waals surface area contributed by atoms with Crippen LogP contribution in [0.25, 0.3) is 0 Å². The molecule has 0 aromatic carbocycles. The molecule has 4 unspecified atom stereocenters. The molecule has 0 aromatic heterocycles. The summed E-state index contributed by atoms with van der Waals surface area (Å²) in [6.45, 7) is 10.5. The molecular weight excluding hydrogens is 888 g/mol. The van der Waals surface area contributed by atoms with Crippen molar-refractivity contribution in [3.63, 3.8) is 0 Å². The van der Waals surface area contributed by atoms with Crippen molar-refractivity contribution in [2.24, 2.45) is 23.7 Å². The summed E-state index contributed by atoms with van der Waals surface area (Å²) in [5.74, 6) is 6.26. The summed E-state index contributed by atoms with van der Waals surface area (Å²) in [6.07, 6.45) is 12.3. The van der Waals surface area contributed by atoms with Gasteiger partial charge in [0.2, 0.25) is 0 Å². The van der Waals surface area contributed by atoms with E-state index in [1.807, 2.05) is 33.6 Å². The Morgan fingerprint density at radius 1 is 0.542 bits per heavy atom. The zero-order chi connectivity index (χ0) is 13.5. The molecule has 4 atom stereocenters. The minimum atomic E-state index is 0. The van der Waals surface area contributed by atoms with Crippen molar-refractivity contribution in [2.45, 2.75) is 86.0 Å². The molecule has 0 bridgehead atoms. The maximum absolute atomic E-state index is 2.49. The van der Waals surface area contributed by atoms with Gasteiger partial charge in [-0.15, -0.1) is 0 Å². The molecule has 0 spiro atoms. The van der Waals surface area contributed by atoms with Crippen LogP contribution < -0.4 is 0 Å². The third-order valence-corrected chi connectivity index (χ3v) is 5.36. The Labute approximate surface area is 285 Å². The van der Waals surface area contributed by atoms with Gasteiger partial charge in [0, 0.05) is 176 Å². The smallest absolute Gasteiger partial charge is 0 e. The van der Waals surface area contributed by atoms with E-state index in [0.29, 0.717) is 0 Å². The zero-order valence-electron chi connectivity index (χ0n) is 15.8. The van der Waals surface area contributed by atoms with Gasteiger partial charge in [0.1, 0.15) is 0 Å². The Bertz CT molecular complexity index is 212. The largest absolute Gasteiger partial charge is 0.310 e. The topological polar surface area (TPSA) is 0 Å². The van der Waals surface area contributed by atoms with E-state index in [4.69, 9.17) is 0 Å². The first-order chi connectivity index (χ1) is 8.88. The van der Waals surface area contributed by atoms with E-state index < -0.39 is 0 Å². The van der Waals surface area contributed by atoms with Crippen LogP contribution in [0.3, 0.4) is 0 Å². The van der Waals surface area contributed by atoms with Gasteiger partial charge in [-0.25, -0.2) is 0 Å². The van der Waals surface area contributed by atoms with E-state index in [2.05, 4.69) is 6.92 Å². The Kier molecular flexibility index (Phi) is 48.9. The molecule has 6 heteroatoms. The molecule has 3 fully saturated rings. The van der Waals surface area contributed by atoms with Crippen LogP contribution in [0.1, 0.15) is 86.0 Å². The predicted molar refractivity (Wildman–Crippen MR) is 82.5 cm³/mol. The second-order valence-corrected chi connectivity index (χ2v) is 5.85. The Hall–Kier alpha value is 5.84. The van der Waals surface area contributed by atoms with Gasteiger partial charge in [0.15, 0.2) is 0 Å². The quantitative estimate of drug-likeness (QED) is 0.253. The Morgan fingerprint density at radius 2 is 0.792 bits per heavy atom. The van der Waals surface area contributed by atoms with Crippen molar-refractivity contribution >= 4 is 0 Å². The summed E-state index contributed by atoms with van der Waals surface area (Å²) < 4.78 is 0. The molecule has 0 saturated heterocycles. The fourth-order valence-corrected chi connectivity index (χ4v) is 4.75. The first-order valence-electron chi connectivity index (χ1n) is 8.71. The second kappa shape index (κ2) is 26.9. The van der Waals surface area contributed by atoms with Gasteiger partial charge in [-0.05, 0) is 0 Å². The van der Waals surface area contributed by atoms with Crippen LogP contribution in [0.4, 0.5) is 0 Å². The van der Waals surface area contributed by atoms with Crippen LogP contribution >= 0.6 is 0 Å². The van der Waals surface area contributed by atoms with Gasteiger partial charge in [0.25, 0.3) is 0 Å². The molecule has 24 heavy (non-hydrogen) atoms. The van der Waals surface area contributed by atoms with E-state index in [0.717, 1.165) is 23.7 Å². The van der Waals surface area contributed by atoms with Gasteiger partial charge in [-0.1, -0.05) is 90.9 Å². The summed E-state index contributed by atoms with van der Waals surface area (Å²) in [5.41, 5.74) is 0. The molecular formula is C18H35Ar3W3-. The summed E-state index contributed by atoms with van der Waals surface area (Å²) in [7, 11) is 0. The van der Waals surface area contributed by atoms with Crippen LogP contribution in [0.15, 0.2) is 0 Å². The Balaban J connectivity index is -0.0000000761. The third-order valence-electron chi connectivity index (χ3n) is 5.36. The molecule has 0 nitrogen and oxygen atoms in total. The second-order valence-electron chi connectivity index (χ2n) is 5.85. The molecule has 150 valence electrons. The van der Waals surface area contributed by atoms with Gasteiger partial charge in [0.05, 0.1) is 0 Å². The summed E-state index contributed by atoms with van der Waals surface area (Å²) in [6, 6.07) is 0. The molecule has 3 rings (SSSR count). The van der Waals surface area contributed by atoms with E-state index >= 15 is 0 Å². The van der Waals surface area contributed by atoms with E-state index in [1.165, 1.54) is 38.5 Å². The van der Waals surface area contributed by atoms with E-state index in [-0.39, 0.29) is 176 Å². The van der Waals surface area contributed by atoms with Crippen LogP contribution in [-0.2, 0) is 63.2 Å². The zero-order valence-corrected chi connectivity index (χ0v) is 26.7. The molecule has 3 saturated carbocycles. The molecule has 0 radical (unpaired) electrons. The van der Waals surface area contributed by atoms with Crippen LogP contribution in [0.5, 0.6) is 0 Å². The summed E-state index contributed by atoms with van der Waals surface area (Å²) in [4.78, 5) is 0. The van der Waals surface area contributed by atoms with Crippen molar-refractivity contribution in [1.82, 2.24) is 0 Å². The minimum Gasteiger partial charge on any atom is -0.310 e. The number of hydrogen-bond donors (Lipinski definition) is 0. The van der Waals surface area contributed by atoms with E-state index in [9.17, 15) is 0 Å². The molecule has 0 N–H and O–H groups in total.